The van der Waals surface area contributed by atoms with Gasteiger partial charge >= 0.3 is 0 Å². The Morgan fingerprint density at radius 2 is 2.03 bits per heavy atom. The van der Waals surface area contributed by atoms with Crippen molar-refractivity contribution in [3.8, 4) is 16.9 Å². The van der Waals surface area contributed by atoms with Crippen molar-refractivity contribution in [3.63, 3.8) is 0 Å². The molecule has 0 unspecified atom stereocenters. The minimum Gasteiger partial charge on any atom is -0.494 e. The van der Waals surface area contributed by atoms with Crippen molar-refractivity contribution in [2.75, 3.05) is 23.8 Å². The summed E-state index contributed by atoms with van der Waals surface area (Å²) in [4.78, 5) is 13.7. The second kappa shape index (κ2) is 11.3. The number of anilines is 3. The minimum absolute atomic E-state index is 0.403. The molecule has 3 N–H and O–H groups in total. The van der Waals surface area contributed by atoms with Gasteiger partial charge < -0.3 is 28.9 Å². The highest BCUT2D eigenvalue weighted by atomic mass is 32.2. The van der Waals surface area contributed by atoms with Crippen molar-refractivity contribution in [2.24, 2.45) is 0 Å². The van der Waals surface area contributed by atoms with Crippen LogP contribution in [0.5, 0.6) is 5.75 Å². The zero-order chi connectivity index (χ0) is 23.8. The van der Waals surface area contributed by atoms with E-state index in [0.717, 1.165) is 29.8 Å². The molecular formula is C24H26N7O2S-. The largest absolute Gasteiger partial charge is 0.494 e. The van der Waals surface area contributed by atoms with Crippen molar-refractivity contribution in [2.45, 2.75) is 24.8 Å². The topological polar surface area (TPSA) is 118 Å². The lowest BCUT2D eigenvalue weighted by atomic mass is 10.1. The van der Waals surface area contributed by atoms with Crippen LogP contribution in [0.2, 0.25) is 0 Å². The molecule has 2 heterocycles. The number of imidazole rings is 1. The van der Waals surface area contributed by atoms with E-state index in [-0.39, 0.29) is 0 Å². The van der Waals surface area contributed by atoms with Gasteiger partial charge in [-0.25, -0.2) is 9.97 Å². The zero-order valence-corrected chi connectivity index (χ0v) is 19.6. The summed E-state index contributed by atoms with van der Waals surface area (Å²) in [5, 5.41) is 6.58. The quantitative estimate of drug-likeness (QED) is 0.204. The van der Waals surface area contributed by atoms with Gasteiger partial charge in [-0.1, -0.05) is 35.2 Å². The van der Waals surface area contributed by atoms with Crippen molar-refractivity contribution in [1.29, 1.82) is 4.78 Å². The normalized spacial score (nSPS) is 10.9. The van der Waals surface area contributed by atoms with Crippen LogP contribution in [-0.2, 0) is 21.3 Å². The maximum absolute atomic E-state index is 11.5. The number of hydrogen-bond donors (Lipinski definition) is 3. The molecule has 0 bridgehead atoms. The van der Waals surface area contributed by atoms with Crippen molar-refractivity contribution >= 4 is 28.0 Å². The molecule has 2 aromatic carbocycles. The number of aromatic nitrogens is 4. The molecule has 0 fully saturated rings. The molecule has 0 radical (unpaired) electrons. The molecule has 34 heavy (non-hydrogen) atoms. The molecule has 0 spiro atoms. The van der Waals surface area contributed by atoms with Gasteiger partial charge in [0.2, 0.25) is 5.95 Å². The smallest absolute Gasteiger partial charge is 0.229 e. The van der Waals surface area contributed by atoms with E-state index in [9.17, 15) is 4.21 Å². The monoisotopic (exact) mass is 476 g/mol. The van der Waals surface area contributed by atoms with E-state index in [1.165, 1.54) is 0 Å². The molecule has 0 saturated heterocycles. The lowest BCUT2D eigenvalue weighted by molar-refractivity contribution is 0.340. The van der Waals surface area contributed by atoms with Crippen molar-refractivity contribution in [1.82, 2.24) is 19.5 Å². The fourth-order valence-electron chi connectivity index (χ4n) is 3.39. The summed E-state index contributed by atoms with van der Waals surface area (Å²) >= 11 is 0. The zero-order valence-electron chi connectivity index (χ0n) is 18.8. The van der Waals surface area contributed by atoms with Gasteiger partial charge in [-0.15, -0.1) is 0 Å². The number of nitrogens with zero attached hydrogens (tertiary/aromatic N) is 4. The SMILES string of the molecule is CCOc1ccc(-c2cnc(Nc3cccc([S-](=N)=O)c3)nc2NCCCn2ccnc2)cc1. The van der Waals surface area contributed by atoms with Crippen LogP contribution in [0.25, 0.3) is 11.1 Å². The van der Waals surface area contributed by atoms with Crippen molar-refractivity contribution < 1.29 is 8.95 Å². The molecule has 9 nitrogen and oxygen atoms in total. The van der Waals surface area contributed by atoms with E-state index in [4.69, 9.17) is 14.5 Å². The number of hydrogen-bond acceptors (Lipinski definition) is 9. The number of benzene rings is 2. The van der Waals surface area contributed by atoms with E-state index >= 15 is 0 Å². The molecule has 10 heteroatoms. The Hall–Kier alpha value is -3.92. The Labute approximate surface area is 200 Å². The summed E-state index contributed by atoms with van der Waals surface area (Å²) in [7, 11) is -1.81. The van der Waals surface area contributed by atoms with Crippen LogP contribution in [0, 0.1) is 4.78 Å². The lowest BCUT2D eigenvalue weighted by Gasteiger charge is -2.14. The predicted molar refractivity (Wildman–Crippen MR) is 133 cm³/mol. The summed E-state index contributed by atoms with van der Waals surface area (Å²) in [5.41, 5.74) is 2.51. The Morgan fingerprint density at radius 3 is 2.76 bits per heavy atom. The molecule has 2 aromatic heterocycles. The molecule has 176 valence electrons. The maximum Gasteiger partial charge on any atom is 0.229 e. The van der Waals surface area contributed by atoms with Gasteiger partial charge in [0.25, 0.3) is 0 Å². The Balaban J connectivity index is 1.56. The van der Waals surface area contributed by atoms with Gasteiger partial charge in [-0.3, -0.25) is 0 Å². The van der Waals surface area contributed by atoms with E-state index in [2.05, 4.69) is 20.6 Å². The van der Waals surface area contributed by atoms with Crippen molar-refractivity contribution in [3.05, 3.63) is 73.4 Å². The average molecular weight is 477 g/mol. The van der Waals surface area contributed by atoms with E-state index < -0.39 is 10.6 Å². The summed E-state index contributed by atoms with van der Waals surface area (Å²) < 4.78 is 26.5. The van der Waals surface area contributed by atoms with Gasteiger partial charge in [0, 0.05) is 42.9 Å². The van der Waals surface area contributed by atoms with Crippen LogP contribution in [0.4, 0.5) is 17.5 Å². The molecular weight excluding hydrogens is 450 g/mol. The molecule has 4 rings (SSSR count). The molecule has 0 aliphatic rings. The Bertz CT molecular complexity index is 1280. The summed E-state index contributed by atoms with van der Waals surface area (Å²) in [6.07, 6.45) is 8.18. The van der Waals surface area contributed by atoms with E-state index in [0.29, 0.717) is 35.5 Å². The average Bonchev–Trinajstić information content (AvgIpc) is 3.37. The third-order valence-corrected chi connectivity index (χ3v) is 5.70. The number of rotatable bonds is 11. The molecule has 0 atom stereocenters. The highest BCUT2D eigenvalue weighted by Crippen LogP contribution is 2.29. The molecule has 0 aliphatic heterocycles. The first-order chi connectivity index (χ1) is 16.6. The predicted octanol–water partition coefficient (Wildman–Crippen LogP) is 5.07. The van der Waals surface area contributed by atoms with Crippen LogP contribution in [-0.4, -0.2) is 32.7 Å². The Morgan fingerprint density at radius 1 is 1.18 bits per heavy atom. The fraction of sp³-hybridized carbons (Fsp3) is 0.208. The van der Waals surface area contributed by atoms with Gasteiger partial charge in [0.1, 0.15) is 11.6 Å². The first-order valence-electron chi connectivity index (χ1n) is 10.9. The number of aryl methyl sites for hydroxylation is 1. The summed E-state index contributed by atoms with van der Waals surface area (Å²) in [6, 6.07) is 14.7. The van der Waals surface area contributed by atoms with E-state index in [1.807, 2.05) is 48.0 Å². The number of ether oxygens (including phenoxy) is 1. The van der Waals surface area contributed by atoms with Crippen LogP contribution < -0.4 is 15.4 Å². The first kappa shape index (κ1) is 23.2. The molecule has 4 aromatic rings. The summed E-state index contributed by atoms with van der Waals surface area (Å²) in [6.45, 7) is 4.13. The molecule has 0 amide bonds. The third-order valence-electron chi connectivity index (χ3n) is 5.01. The Kier molecular flexibility index (Phi) is 7.71. The minimum atomic E-state index is -1.81. The number of nitrogens with one attached hydrogen (secondary N) is 3. The second-order valence-electron chi connectivity index (χ2n) is 7.42. The van der Waals surface area contributed by atoms with Crippen LogP contribution in [0.3, 0.4) is 0 Å². The standard InChI is InChI=1S/C24H26N7O2S/c1-2-33-20-9-7-18(8-10-20)22-16-28-24(29-19-5-3-6-21(15-19)34(25)32)30-23(22)27-11-4-13-31-14-12-26-17-31/h3,5-10,12,14-17,25H,2,4,11,13H2,1H3,(H2,27,28,29,30)/q-1. The first-order valence-corrected chi connectivity index (χ1v) is 12.1. The lowest BCUT2D eigenvalue weighted by Crippen LogP contribution is -2.09. The van der Waals surface area contributed by atoms with Crippen LogP contribution in [0.1, 0.15) is 13.3 Å². The van der Waals surface area contributed by atoms with Gasteiger partial charge in [-0.05, 0) is 37.1 Å². The van der Waals surface area contributed by atoms with Crippen LogP contribution >= 0.6 is 0 Å². The highest BCUT2D eigenvalue weighted by Gasteiger charge is 2.10. The third kappa shape index (κ3) is 6.10. The van der Waals surface area contributed by atoms with Gasteiger partial charge in [0.15, 0.2) is 0 Å². The maximum atomic E-state index is 11.5. The molecule has 0 aliphatic carbocycles. The van der Waals surface area contributed by atoms with Gasteiger partial charge in [0.05, 0.1) is 12.9 Å². The fourth-order valence-corrected chi connectivity index (χ4v) is 3.83. The second-order valence-corrected chi connectivity index (χ2v) is 8.42. The summed E-state index contributed by atoms with van der Waals surface area (Å²) in [5.74, 6) is 1.92. The van der Waals surface area contributed by atoms with E-state index in [1.54, 1.807) is 36.9 Å². The molecule has 0 saturated carbocycles. The van der Waals surface area contributed by atoms with Crippen LogP contribution in [0.15, 0.2) is 78.3 Å². The highest BCUT2D eigenvalue weighted by molar-refractivity contribution is 7.73. The van der Waals surface area contributed by atoms with Gasteiger partial charge in [-0.2, -0.15) is 15.6 Å².